The zero-order chi connectivity index (χ0) is 18.5. The van der Waals surface area contributed by atoms with E-state index in [1.54, 1.807) is 13.0 Å². The summed E-state index contributed by atoms with van der Waals surface area (Å²) in [5.74, 6) is 1.48. The number of carbonyl (C=O) groups is 1. The van der Waals surface area contributed by atoms with Crippen LogP contribution in [0.1, 0.15) is 55.0 Å². The highest BCUT2D eigenvalue weighted by atomic mass is 127. The monoisotopic (exact) mass is 481 g/mol. The molecule has 0 saturated carbocycles. The first-order valence-electron chi connectivity index (χ1n) is 8.89. The van der Waals surface area contributed by atoms with Gasteiger partial charge >= 0.3 is 5.97 Å². The van der Waals surface area contributed by atoms with Gasteiger partial charge in [0.15, 0.2) is 5.96 Å². The minimum atomic E-state index is -0.399. The average Bonchev–Trinajstić information content (AvgIpc) is 2.98. The standard InChI is InChI=1S/C18H31N3O4.HI/c1-5-7-10-24-11-8-9-20-18(19-6-2)21-13-15-12-16(14(3)25-15)17(22)23-4;/h12H,5-11,13H2,1-4H3,(H2,19,20,21);1H. The van der Waals surface area contributed by atoms with E-state index < -0.39 is 5.97 Å². The summed E-state index contributed by atoms with van der Waals surface area (Å²) >= 11 is 0. The van der Waals surface area contributed by atoms with E-state index in [4.69, 9.17) is 13.9 Å². The van der Waals surface area contributed by atoms with E-state index in [-0.39, 0.29) is 24.0 Å². The number of nitrogens with zero attached hydrogens (tertiary/aromatic N) is 1. The Morgan fingerprint density at radius 3 is 2.62 bits per heavy atom. The molecule has 1 aromatic heterocycles. The lowest BCUT2D eigenvalue weighted by Crippen LogP contribution is -2.38. The minimum Gasteiger partial charge on any atom is -0.465 e. The molecule has 0 aromatic carbocycles. The van der Waals surface area contributed by atoms with Crippen LogP contribution in [0.15, 0.2) is 15.5 Å². The number of hydrogen-bond donors (Lipinski definition) is 2. The molecule has 2 N–H and O–H groups in total. The maximum Gasteiger partial charge on any atom is 0.341 e. The lowest BCUT2D eigenvalue weighted by Gasteiger charge is -2.11. The van der Waals surface area contributed by atoms with Crippen molar-refractivity contribution in [3.05, 3.63) is 23.2 Å². The number of ether oxygens (including phenoxy) is 2. The Balaban J connectivity index is 0.00000625. The van der Waals surface area contributed by atoms with Crippen LogP contribution in [0.4, 0.5) is 0 Å². The van der Waals surface area contributed by atoms with Crippen molar-refractivity contribution < 1.29 is 18.7 Å². The van der Waals surface area contributed by atoms with E-state index in [2.05, 4.69) is 22.5 Å². The molecule has 7 nitrogen and oxygen atoms in total. The van der Waals surface area contributed by atoms with Gasteiger partial charge < -0.3 is 24.5 Å². The van der Waals surface area contributed by atoms with Gasteiger partial charge in [-0.25, -0.2) is 9.79 Å². The highest BCUT2D eigenvalue weighted by molar-refractivity contribution is 14.0. The van der Waals surface area contributed by atoms with Gasteiger partial charge in [-0.2, -0.15) is 0 Å². The summed E-state index contributed by atoms with van der Waals surface area (Å²) in [6.07, 6.45) is 3.17. The first-order valence-corrected chi connectivity index (χ1v) is 8.89. The Hall–Kier alpha value is -1.29. The average molecular weight is 481 g/mol. The van der Waals surface area contributed by atoms with E-state index in [9.17, 15) is 4.79 Å². The number of unbranched alkanes of at least 4 members (excludes halogenated alkanes) is 1. The number of furan rings is 1. The van der Waals surface area contributed by atoms with Crippen molar-refractivity contribution in [3.63, 3.8) is 0 Å². The maximum absolute atomic E-state index is 11.6. The van der Waals surface area contributed by atoms with Crippen molar-refractivity contribution in [1.82, 2.24) is 10.6 Å². The fraction of sp³-hybridized carbons (Fsp3) is 0.667. The van der Waals surface area contributed by atoms with E-state index >= 15 is 0 Å². The molecule has 0 aliphatic heterocycles. The second-order valence-electron chi connectivity index (χ2n) is 5.62. The summed E-state index contributed by atoms with van der Waals surface area (Å²) in [7, 11) is 1.35. The van der Waals surface area contributed by atoms with E-state index in [1.807, 2.05) is 6.92 Å². The van der Waals surface area contributed by atoms with Crippen LogP contribution in [0.2, 0.25) is 0 Å². The second kappa shape index (κ2) is 14.8. The minimum absolute atomic E-state index is 0. The summed E-state index contributed by atoms with van der Waals surface area (Å²) in [5, 5.41) is 6.45. The predicted octanol–water partition coefficient (Wildman–Crippen LogP) is 3.25. The molecule has 1 heterocycles. The number of halogens is 1. The number of aliphatic imine (C=N–C) groups is 1. The highest BCUT2D eigenvalue weighted by Crippen LogP contribution is 2.16. The fourth-order valence-corrected chi connectivity index (χ4v) is 2.16. The molecule has 0 atom stereocenters. The van der Waals surface area contributed by atoms with Crippen molar-refractivity contribution >= 4 is 35.9 Å². The van der Waals surface area contributed by atoms with Crippen molar-refractivity contribution in [2.75, 3.05) is 33.4 Å². The zero-order valence-electron chi connectivity index (χ0n) is 16.2. The number of esters is 1. The normalized spacial score (nSPS) is 11.0. The van der Waals surface area contributed by atoms with Gasteiger partial charge in [-0.15, -0.1) is 24.0 Å². The Kier molecular flexibility index (Phi) is 14.1. The van der Waals surface area contributed by atoms with Gasteiger partial charge in [0.25, 0.3) is 0 Å². The molecule has 1 rings (SSSR count). The van der Waals surface area contributed by atoms with E-state index in [0.29, 0.717) is 29.6 Å². The van der Waals surface area contributed by atoms with E-state index in [1.165, 1.54) is 7.11 Å². The third-order valence-corrected chi connectivity index (χ3v) is 3.51. The topological polar surface area (TPSA) is 85.1 Å². The molecule has 0 spiro atoms. The molecular formula is C18H32IN3O4. The first-order chi connectivity index (χ1) is 12.1. The predicted molar refractivity (Wildman–Crippen MR) is 113 cm³/mol. The van der Waals surface area contributed by atoms with Gasteiger partial charge in [-0.3, -0.25) is 0 Å². The van der Waals surface area contributed by atoms with Crippen molar-refractivity contribution in [3.8, 4) is 0 Å². The number of guanidine groups is 1. The van der Waals surface area contributed by atoms with Gasteiger partial charge in [-0.05, 0) is 32.8 Å². The lowest BCUT2D eigenvalue weighted by atomic mass is 10.2. The number of hydrogen-bond acceptors (Lipinski definition) is 5. The SMILES string of the molecule is CCCCOCCCNC(=NCc1cc(C(=O)OC)c(C)o1)NCC.I. The van der Waals surface area contributed by atoms with Crippen LogP contribution in [0.25, 0.3) is 0 Å². The van der Waals surface area contributed by atoms with Crippen LogP contribution in [0.5, 0.6) is 0 Å². The highest BCUT2D eigenvalue weighted by Gasteiger charge is 2.15. The largest absolute Gasteiger partial charge is 0.465 e. The van der Waals surface area contributed by atoms with E-state index in [0.717, 1.165) is 45.6 Å². The summed E-state index contributed by atoms with van der Waals surface area (Å²) in [5.41, 5.74) is 0.440. The third-order valence-electron chi connectivity index (χ3n) is 3.51. The van der Waals surface area contributed by atoms with Crippen LogP contribution >= 0.6 is 24.0 Å². The van der Waals surface area contributed by atoms with Crippen LogP contribution in [0.3, 0.4) is 0 Å². The molecule has 0 aliphatic carbocycles. The molecule has 0 radical (unpaired) electrons. The summed E-state index contributed by atoms with van der Waals surface area (Å²) in [4.78, 5) is 16.1. The molecule has 8 heteroatoms. The molecule has 0 saturated heterocycles. The zero-order valence-corrected chi connectivity index (χ0v) is 18.6. The third kappa shape index (κ3) is 9.42. The summed E-state index contributed by atoms with van der Waals surface area (Å²) in [6.45, 7) is 9.36. The van der Waals surface area contributed by atoms with Crippen LogP contribution in [0, 0.1) is 6.92 Å². The van der Waals surface area contributed by atoms with Gasteiger partial charge in [0.1, 0.15) is 23.6 Å². The molecule has 0 fully saturated rings. The quantitative estimate of drug-likeness (QED) is 0.166. The molecule has 150 valence electrons. The first kappa shape index (κ1) is 24.7. The number of methoxy groups -OCH3 is 1. The Bertz CT molecular complexity index is 547. The molecule has 0 unspecified atom stereocenters. The second-order valence-corrected chi connectivity index (χ2v) is 5.62. The maximum atomic E-state index is 11.6. The lowest BCUT2D eigenvalue weighted by molar-refractivity contribution is 0.0599. The van der Waals surface area contributed by atoms with Crippen LogP contribution in [-0.4, -0.2) is 45.3 Å². The molecule has 1 aromatic rings. The molecular weight excluding hydrogens is 449 g/mol. The van der Waals surface area contributed by atoms with Crippen LogP contribution in [-0.2, 0) is 16.0 Å². The summed E-state index contributed by atoms with van der Waals surface area (Å²) < 4.78 is 15.8. The Morgan fingerprint density at radius 1 is 1.23 bits per heavy atom. The molecule has 0 aliphatic rings. The van der Waals surface area contributed by atoms with Crippen molar-refractivity contribution in [2.45, 2.75) is 46.6 Å². The number of nitrogens with one attached hydrogen (secondary N) is 2. The number of aryl methyl sites for hydroxylation is 1. The molecule has 0 bridgehead atoms. The van der Waals surface area contributed by atoms with Crippen molar-refractivity contribution in [2.24, 2.45) is 4.99 Å². The Morgan fingerprint density at radius 2 is 1.96 bits per heavy atom. The van der Waals surface area contributed by atoms with Gasteiger partial charge in [0, 0.05) is 26.3 Å². The number of rotatable bonds is 11. The summed E-state index contributed by atoms with van der Waals surface area (Å²) in [6, 6.07) is 1.68. The van der Waals surface area contributed by atoms with Gasteiger partial charge in [0.2, 0.25) is 0 Å². The molecule has 26 heavy (non-hydrogen) atoms. The smallest absolute Gasteiger partial charge is 0.341 e. The fourth-order valence-electron chi connectivity index (χ4n) is 2.16. The molecule has 0 amide bonds. The van der Waals surface area contributed by atoms with Gasteiger partial charge in [-0.1, -0.05) is 13.3 Å². The van der Waals surface area contributed by atoms with Crippen LogP contribution < -0.4 is 10.6 Å². The van der Waals surface area contributed by atoms with Crippen molar-refractivity contribution in [1.29, 1.82) is 0 Å². The number of carbonyl (C=O) groups excluding carboxylic acids is 1. The Labute approximate surface area is 173 Å². The van der Waals surface area contributed by atoms with Gasteiger partial charge in [0.05, 0.1) is 7.11 Å².